The fourth-order valence-electron chi connectivity index (χ4n) is 1.30. The molecule has 0 aliphatic heterocycles. The maximum Gasteiger partial charge on any atom is 0.335 e. The van der Waals surface area contributed by atoms with Gasteiger partial charge >= 0.3 is 5.97 Å². The van der Waals surface area contributed by atoms with E-state index in [0.29, 0.717) is 0 Å². The molecule has 0 fully saturated rings. The molecule has 0 atom stereocenters. The number of hydrogen-bond acceptors (Lipinski definition) is 5. The van der Waals surface area contributed by atoms with Gasteiger partial charge in [0, 0.05) is 0 Å². The van der Waals surface area contributed by atoms with Crippen molar-refractivity contribution < 1.29 is 34.1 Å². The van der Waals surface area contributed by atoms with Crippen molar-refractivity contribution in [2.45, 2.75) is 0 Å². The van der Waals surface area contributed by atoms with Gasteiger partial charge in [0.2, 0.25) is 0 Å². The molecule has 0 saturated carbocycles. The summed E-state index contributed by atoms with van der Waals surface area (Å²) in [5.74, 6) is -1.68. The quantitative estimate of drug-likeness (QED) is 0.752. The van der Waals surface area contributed by atoms with Crippen LogP contribution in [0.1, 0.15) is 10.4 Å². The second-order valence-electron chi connectivity index (χ2n) is 5.25. The molecule has 0 aliphatic carbocycles. The summed E-state index contributed by atoms with van der Waals surface area (Å²) < 4.78 is 10.3. The first-order valence-electron chi connectivity index (χ1n) is 6.24. The van der Waals surface area contributed by atoms with Crippen LogP contribution >= 0.6 is 0 Å². The van der Waals surface area contributed by atoms with Crippen LogP contribution in [-0.2, 0) is 0 Å². The van der Waals surface area contributed by atoms with E-state index in [2.05, 4.69) is 21.1 Å². The highest BCUT2D eigenvalue weighted by Crippen LogP contribution is 2.34. The molecule has 0 unspecified atom stereocenters. The third kappa shape index (κ3) is 6.82. The predicted octanol–water partition coefficient (Wildman–Crippen LogP) is 0.161. The van der Waals surface area contributed by atoms with Crippen molar-refractivity contribution in [1.82, 2.24) is 0 Å². The molecule has 1 aromatic rings. The Morgan fingerprint density at radius 1 is 1.19 bits per heavy atom. The summed E-state index contributed by atoms with van der Waals surface area (Å²) in [6.45, 7) is 1.11. The summed E-state index contributed by atoms with van der Waals surface area (Å²) >= 11 is 0. The lowest BCUT2D eigenvalue weighted by atomic mass is 10.2. The minimum absolute atomic E-state index is 0.0400. The van der Waals surface area contributed by atoms with Gasteiger partial charge < -0.3 is 29.3 Å². The standard InChI is InChI=1S/C9H10O5.C5H14NO/c1-13-6-3-5(9(11)12)4-7(14-2)8(6)10;1-6(2,3)4-5-7/h3-4,10H,1-2H3,(H,11,12);7H,4-5H2,1-3H3/q;+1/p-1. The van der Waals surface area contributed by atoms with Crippen molar-refractivity contribution in [2.24, 2.45) is 0 Å². The molecule has 0 radical (unpaired) electrons. The minimum atomic E-state index is -1.14. The molecule has 1 aromatic carbocycles. The molecule has 7 nitrogen and oxygen atoms in total. The van der Waals surface area contributed by atoms with E-state index in [1.54, 1.807) is 0 Å². The topological polar surface area (TPSA) is 99.1 Å². The molecule has 0 saturated heterocycles. The zero-order chi connectivity index (χ0) is 16.6. The lowest BCUT2D eigenvalue weighted by molar-refractivity contribution is -0.870. The fourth-order valence-corrected chi connectivity index (χ4v) is 1.30. The lowest BCUT2D eigenvalue weighted by Crippen LogP contribution is -2.36. The van der Waals surface area contributed by atoms with Gasteiger partial charge in [-0.1, -0.05) is 0 Å². The normalized spacial score (nSPS) is 10.4. The van der Waals surface area contributed by atoms with E-state index in [-0.39, 0.29) is 23.7 Å². The maximum absolute atomic E-state index is 11.4. The average molecular weight is 301 g/mol. The van der Waals surface area contributed by atoms with Crippen molar-refractivity contribution in [1.29, 1.82) is 0 Å². The monoisotopic (exact) mass is 301 g/mol. The van der Waals surface area contributed by atoms with Gasteiger partial charge in [0.05, 0.1) is 47.5 Å². The van der Waals surface area contributed by atoms with Crippen molar-refractivity contribution in [3.8, 4) is 17.2 Å². The van der Waals surface area contributed by atoms with E-state index in [1.165, 1.54) is 14.2 Å². The van der Waals surface area contributed by atoms with Crippen molar-refractivity contribution in [2.75, 3.05) is 48.5 Å². The Hall–Kier alpha value is -1.99. The van der Waals surface area contributed by atoms with E-state index in [9.17, 15) is 9.90 Å². The highest BCUT2D eigenvalue weighted by molar-refractivity contribution is 5.89. The minimum Gasteiger partial charge on any atom is -0.867 e. The van der Waals surface area contributed by atoms with Gasteiger partial charge in [-0.05, 0) is 17.9 Å². The lowest BCUT2D eigenvalue weighted by Gasteiger charge is -2.21. The van der Waals surface area contributed by atoms with Crippen LogP contribution in [0.15, 0.2) is 12.1 Å². The predicted molar refractivity (Wildman–Crippen MR) is 75.9 cm³/mol. The zero-order valence-electron chi connectivity index (χ0n) is 13.0. The van der Waals surface area contributed by atoms with Crippen LogP contribution in [0.2, 0.25) is 0 Å². The number of aliphatic hydroxyl groups excluding tert-OH is 1. The number of quaternary nitrogens is 1. The third-order valence-corrected chi connectivity index (χ3v) is 2.48. The molecule has 120 valence electrons. The van der Waals surface area contributed by atoms with E-state index >= 15 is 0 Å². The van der Waals surface area contributed by atoms with Crippen molar-refractivity contribution in [3.05, 3.63) is 17.7 Å². The first-order chi connectivity index (χ1) is 9.66. The van der Waals surface area contributed by atoms with Gasteiger partial charge in [0.25, 0.3) is 0 Å². The van der Waals surface area contributed by atoms with Crippen molar-refractivity contribution >= 4 is 5.97 Å². The van der Waals surface area contributed by atoms with E-state index in [0.717, 1.165) is 23.2 Å². The molecule has 0 amide bonds. The fraction of sp³-hybridized carbons (Fsp3) is 0.500. The van der Waals surface area contributed by atoms with Crippen molar-refractivity contribution in [3.63, 3.8) is 0 Å². The number of carboxylic acid groups (broad SMARTS) is 1. The van der Waals surface area contributed by atoms with Gasteiger partial charge in [-0.3, -0.25) is 0 Å². The van der Waals surface area contributed by atoms with Crippen LogP contribution in [0, 0.1) is 0 Å². The molecule has 1 rings (SSSR count). The van der Waals surface area contributed by atoms with Crippen LogP contribution in [0.3, 0.4) is 0 Å². The molecule has 0 heterocycles. The molecule has 21 heavy (non-hydrogen) atoms. The average Bonchev–Trinajstić information content (AvgIpc) is 2.38. The smallest absolute Gasteiger partial charge is 0.335 e. The molecular formula is C14H23NO6. The number of hydrogen-bond donors (Lipinski definition) is 2. The number of rotatable bonds is 5. The van der Waals surface area contributed by atoms with Crippen LogP contribution < -0.4 is 14.6 Å². The van der Waals surface area contributed by atoms with Gasteiger partial charge in [-0.25, -0.2) is 4.79 Å². The van der Waals surface area contributed by atoms with Crippen LogP contribution in [0.5, 0.6) is 17.2 Å². The number of likely N-dealkylation sites (N-methyl/N-ethyl adjacent to an activating group) is 1. The van der Waals surface area contributed by atoms with Gasteiger partial charge in [-0.15, -0.1) is 0 Å². The van der Waals surface area contributed by atoms with Crippen LogP contribution in [-0.4, -0.2) is 69.2 Å². The Bertz CT molecular complexity index is 442. The molecule has 7 heteroatoms. The van der Waals surface area contributed by atoms with Crippen LogP contribution in [0.4, 0.5) is 0 Å². The SMILES string of the molecule is COc1cc(C(=O)O)cc(OC)c1[O-].C[N+](C)(C)CCO. The Morgan fingerprint density at radius 3 is 1.81 bits per heavy atom. The third-order valence-electron chi connectivity index (χ3n) is 2.48. The number of benzene rings is 1. The van der Waals surface area contributed by atoms with Gasteiger partial charge in [0.1, 0.15) is 18.0 Å². The summed E-state index contributed by atoms with van der Waals surface area (Å²) in [5, 5.41) is 28.5. The number of aromatic carboxylic acids is 1. The van der Waals surface area contributed by atoms with Crippen LogP contribution in [0.25, 0.3) is 0 Å². The number of carbonyl (C=O) groups is 1. The second kappa shape index (κ2) is 8.33. The van der Waals surface area contributed by atoms with E-state index < -0.39 is 11.7 Å². The first-order valence-corrected chi connectivity index (χ1v) is 6.24. The summed E-state index contributed by atoms with van der Waals surface area (Å²) in [7, 11) is 8.74. The largest absolute Gasteiger partial charge is 0.867 e. The first kappa shape index (κ1) is 19.0. The highest BCUT2D eigenvalue weighted by atomic mass is 16.5. The van der Waals surface area contributed by atoms with Gasteiger partial charge in [-0.2, -0.15) is 0 Å². The van der Waals surface area contributed by atoms with E-state index in [1.807, 2.05) is 0 Å². The summed E-state index contributed by atoms with van der Waals surface area (Å²) in [4.78, 5) is 10.6. The molecule has 2 N–H and O–H groups in total. The number of aliphatic hydroxyl groups is 1. The van der Waals surface area contributed by atoms with Gasteiger partial charge in [0.15, 0.2) is 0 Å². The second-order valence-corrected chi connectivity index (χ2v) is 5.25. The molecular weight excluding hydrogens is 278 g/mol. The zero-order valence-corrected chi connectivity index (χ0v) is 13.0. The number of ether oxygens (including phenoxy) is 2. The molecule has 0 bridgehead atoms. The Labute approximate surface area is 124 Å². The highest BCUT2D eigenvalue weighted by Gasteiger charge is 2.09. The Morgan fingerprint density at radius 2 is 1.62 bits per heavy atom. The van der Waals surface area contributed by atoms with E-state index in [4.69, 9.17) is 19.7 Å². The summed E-state index contributed by atoms with van der Waals surface area (Å²) in [5.41, 5.74) is -0.0432. The summed E-state index contributed by atoms with van der Waals surface area (Å²) in [6, 6.07) is 2.32. The number of nitrogens with zero attached hydrogens (tertiary/aromatic N) is 1. The number of methoxy groups -OCH3 is 2. The Kier molecular flexibility index (Phi) is 7.54. The molecule has 0 aliphatic rings. The molecule has 0 spiro atoms. The number of carboxylic acids is 1. The molecule has 0 aromatic heterocycles. The summed E-state index contributed by atoms with van der Waals surface area (Å²) in [6.07, 6.45) is 0. The maximum atomic E-state index is 11.4. The Balaban J connectivity index is 0.000000486.